The molecule has 0 saturated carbocycles. The lowest BCUT2D eigenvalue weighted by molar-refractivity contribution is -0.169. The predicted molar refractivity (Wildman–Crippen MR) is 89.5 cm³/mol. The fourth-order valence-electron chi connectivity index (χ4n) is 3.07. The molecule has 1 N–H and O–H groups in total. The van der Waals surface area contributed by atoms with Gasteiger partial charge in [-0.15, -0.1) is 0 Å². The average molecular weight is 394 g/mol. The Bertz CT molecular complexity index is 809. The fraction of sp³-hybridized carbons (Fsp3) is 0.353. The molecule has 7 heteroatoms. The number of fused-ring (bicyclic) bond motifs is 3. The molecule has 0 fully saturated rings. The van der Waals surface area contributed by atoms with Gasteiger partial charge in [0.2, 0.25) is 0 Å². The van der Waals surface area contributed by atoms with Crippen molar-refractivity contribution in [1.29, 1.82) is 0 Å². The third-order valence-corrected chi connectivity index (χ3v) is 4.99. The van der Waals surface area contributed by atoms with E-state index in [1.54, 1.807) is 24.4 Å². The van der Waals surface area contributed by atoms with Gasteiger partial charge in [-0.2, -0.15) is 0 Å². The number of rotatable bonds is 2. The van der Waals surface area contributed by atoms with Gasteiger partial charge in [0.25, 0.3) is 0 Å². The van der Waals surface area contributed by atoms with Crippen LogP contribution in [0.25, 0.3) is 10.9 Å². The van der Waals surface area contributed by atoms with Crippen LogP contribution in [0.1, 0.15) is 37.2 Å². The van der Waals surface area contributed by atoms with Gasteiger partial charge in [-0.05, 0) is 17.7 Å². The molecule has 0 unspecified atom stereocenters. The van der Waals surface area contributed by atoms with Gasteiger partial charge in [-0.25, -0.2) is 0 Å². The summed E-state index contributed by atoms with van der Waals surface area (Å²) >= 11 is 3.38. The van der Waals surface area contributed by atoms with Crippen molar-refractivity contribution in [3.05, 3.63) is 41.6 Å². The Balaban J connectivity index is 2.24. The highest BCUT2D eigenvalue weighted by Crippen LogP contribution is 2.46. The maximum absolute atomic E-state index is 11.6. The van der Waals surface area contributed by atoms with Crippen molar-refractivity contribution in [2.24, 2.45) is 0 Å². The minimum Gasteiger partial charge on any atom is -0.457 e. The zero-order valence-electron chi connectivity index (χ0n) is 13.1. The van der Waals surface area contributed by atoms with Crippen LogP contribution in [0.3, 0.4) is 0 Å². The first kappa shape index (κ1) is 16.9. The van der Waals surface area contributed by atoms with Crippen molar-refractivity contribution in [3.8, 4) is 0 Å². The maximum atomic E-state index is 11.6. The number of aliphatic hydroxyl groups is 1. The summed E-state index contributed by atoms with van der Waals surface area (Å²) in [6.45, 7) is 2.57. The molecule has 1 aliphatic rings. The lowest BCUT2D eigenvalue weighted by atomic mass is 9.82. The number of ether oxygens (including phenoxy) is 2. The van der Waals surface area contributed by atoms with Crippen LogP contribution in [-0.2, 0) is 19.1 Å². The van der Waals surface area contributed by atoms with Gasteiger partial charge in [0, 0.05) is 31.0 Å². The fourth-order valence-corrected chi connectivity index (χ4v) is 3.74. The molecule has 24 heavy (non-hydrogen) atoms. The SMILES string of the molecule is CC(=O)O[C@H]1[C@@H](Br)[C@H](O)c2ccc3ncccc3c2[C@@H]1OC(C)=O. The average Bonchev–Trinajstić information content (AvgIpc) is 2.54. The molecule has 3 rings (SSSR count). The van der Waals surface area contributed by atoms with E-state index in [-0.39, 0.29) is 0 Å². The van der Waals surface area contributed by atoms with Crippen LogP contribution < -0.4 is 0 Å². The van der Waals surface area contributed by atoms with Crippen LogP contribution in [-0.4, -0.2) is 33.0 Å². The van der Waals surface area contributed by atoms with Gasteiger partial charge in [0.15, 0.2) is 12.2 Å². The largest absolute Gasteiger partial charge is 0.457 e. The number of alkyl halides is 1. The van der Waals surface area contributed by atoms with Crippen LogP contribution >= 0.6 is 15.9 Å². The van der Waals surface area contributed by atoms with E-state index in [1.807, 2.05) is 6.07 Å². The number of aliphatic hydroxyl groups excluding tert-OH is 1. The molecule has 4 atom stereocenters. The molecule has 1 aromatic carbocycles. The van der Waals surface area contributed by atoms with E-state index in [4.69, 9.17) is 9.47 Å². The van der Waals surface area contributed by atoms with Gasteiger partial charge in [0.1, 0.15) is 0 Å². The molecule has 6 nitrogen and oxygen atoms in total. The van der Waals surface area contributed by atoms with Crippen molar-refractivity contribution in [2.75, 3.05) is 0 Å². The molecule has 2 aromatic rings. The zero-order valence-corrected chi connectivity index (χ0v) is 14.7. The van der Waals surface area contributed by atoms with E-state index < -0.39 is 35.1 Å². The number of pyridine rings is 1. The number of benzene rings is 1. The Kier molecular flexibility index (Phi) is 4.56. The minimum absolute atomic E-state index is 0.500. The van der Waals surface area contributed by atoms with Crippen molar-refractivity contribution in [2.45, 2.75) is 37.0 Å². The van der Waals surface area contributed by atoms with Gasteiger partial charge >= 0.3 is 11.9 Å². The number of hydrogen-bond donors (Lipinski definition) is 1. The topological polar surface area (TPSA) is 85.7 Å². The van der Waals surface area contributed by atoms with Gasteiger partial charge < -0.3 is 14.6 Å². The number of halogens is 1. The zero-order chi connectivity index (χ0) is 17.4. The van der Waals surface area contributed by atoms with E-state index in [2.05, 4.69) is 20.9 Å². The Morgan fingerprint density at radius 2 is 1.88 bits per heavy atom. The Morgan fingerprint density at radius 1 is 1.17 bits per heavy atom. The highest BCUT2D eigenvalue weighted by molar-refractivity contribution is 9.09. The molecule has 0 bridgehead atoms. The summed E-state index contributed by atoms with van der Waals surface area (Å²) in [6, 6.07) is 7.16. The van der Waals surface area contributed by atoms with Gasteiger partial charge in [-0.3, -0.25) is 14.6 Å². The van der Waals surface area contributed by atoms with Crippen molar-refractivity contribution in [3.63, 3.8) is 0 Å². The summed E-state index contributed by atoms with van der Waals surface area (Å²) in [5.74, 6) is -1.02. The first-order valence-electron chi connectivity index (χ1n) is 7.44. The summed E-state index contributed by atoms with van der Waals surface area (Å²) in [4.78, 5) is 26.8. The standard InChI is InChI=1S/C17H16BrNO5/c1-8(20)23-16-13-10-4-3-7-19-12(10)6-5-11(13)15(22)14(18)17(16)24-9(2)21/h3-7,14-17,22H,1-2H3/t14-,15+,16-,17-/m0/s1. The summed E-state index contributed by atoms with van der Waals surface area (Å²) < 4.78 is 10.8. The number of carbonyl (C=O) groups excluding carboxylic acids is 2. The normalized spacial score (nSPS) is 25.8. The van der Waals surface area contributed by atoms with Crippen molar-refractivity contribution >= 4 is 38.8 Å². The number of esters is 2. The Hall–Kier alpha value is -1.99. The van der Waals surface area contributed by atoms with Crippen LogP contribution in [0, 0.1) is 0 Å². The van der Waals surface area contributed by atoms with E-state index in [0.717, 1.165) is 5.39 Å². The third kappa shape index (κ3) is 2.89. The molecule has 126 valence electrons. The summed E-state index contributed by atoms with van der Waals surface area (Å²) in [7, 11) is 0. The molecule has 1 heterocycles. The lowest BCUT2D eigenvalue weighted by Gasteiger charge is -2.38. The first-order valence-corrected chi connectivity index (χ1v) is 8.36. The smallest absolute Gasteiger partial charge is 0.303 e. The minimum atomic E-state index is -0.916. The Labute approximate surface area is 146 Å². The van der Waals surface area contributed by atoms with E-state index >= 15 is 0 Å². The second-order valence-corrected chi connectivity index (χ2v) is 6.69. The van der Waals surface area contributed by atoms with Crippen molar-refractivity contribution < 1.29 is 24.2 Å². The highest BCUT2D eigenvalue weighted by Gasteiger charge is 2.45. The second-order valence-electron chi connectivity index (χ2n) is 5.63. The third-order valence-electron chi connectivity index (χ3n) is 3.97. The predicted octanol–water partition coefficient (Wildman–Crippen LogP) is 2.58. The highest BCUT2D eigenvalue weighted by atomic mass is 79.9. The van der Waals surface area contributed by atoms with Crippen LogP contribution in [0.4, 0.5) is 0 Å². The van der Waals surface area contributed by atoms with Gasteiger partial charge in [0.05, 0.1) is 16.4 Å². The van der Waals surface area contributed by atoms with Crippen LogP contribution in [0.15, 0.2) is 30.5 Å². The quantitative estimate of drug-likeness (QED) is 0.623. The molecular weight excluding hydrogens is 378 g/mol. The number of nitrogens with zero attached hydrogens (tertiary/aromatic N) is 1. The molecule has 0 spiro atoms. The molecule has 1 aromatic heterocycles. The lowest BCUT2D eigenvalue weighted by Crippen LogP contribution is -2.42. The first-order chi connectivity index (χ1) is 11.4. The van der Waals surface area contributed by atoms with Gasteiger partial charge in [-0.1, -0.05) is 28.1 Å². The molecular formula is C17H16BrNO5. The molecule has 0 amide bonds. The molecule has 0 saturated heterocycles. The van der Waals surface area contributed by atoms with Crippen LogP contribution in [0.5, 0.6) is 0 Å². The van der Waals surface area contributed by atoms with E-state index in [1.165, 1.54) is 13.8 Å². The van der Waals surface area contributed by atoms with Crippen molar-refractivity contribution in [1.82, 2.24) is 4.98 Å². The maximum Gasteiger partial charge on any atom is 0.303 e. The molecule has 0 radical (unpaired) electrons. The number of aromatic nitrogens is 1. The monoisotopic (exact) mass is 393 g/mol. The summed E-state index contributed by atoms with van der Waals surface area (Å²) in [5.41, 5.74) is 1.94. The van der Waals surface area contributed by atoms with E-state index in [0.29, 0.717) is 16.6 Å². The Morgan fingerprint density at radius 3 is 2.54 bits per heavy atom. The summed E-state index contributed by atoms with van der Waals surface area (Å²) in [5, 5.41) is 11.4. The second kappa shape index (κ2) is 6.49. The number of carbonyl (C=O) groups is 2. The molecule has 1 aliphatic carbocycles. The molecule has 0 aliphatic heterocycles. The van der Waals surface area contributed by atoms with Crippen LogP contribution in [0.2, 0.25) is 0 Å². The summed E-state index contributed by atoms with van der Waals surface area (Å²) in [6.07, 6.45) is -0.936. The number of hydrogen-bond acceptors (Lipinski definition) is 6. The van der Waals surface area contributed by atoms with E-state index in [9.17, 15) is 14.7 Å².